The summed E-state index contributed by atoms with van der Waals surface area (Å²) in [6.07, 6.45) is 2.84. The minimum Gasteiger partial charge on any atom is -0.493 e. The average molecular weight is 521 g/mol. The minimum atomic E-state index is -0.0153. The molecular weight excluding hydrogens is 492 g/mol. The molecule has 2 aliphatic rings. The Morgan fingerprint density at radius 3 is 2.69 bits per heavy atom. The second-order valence-corrected chi connectivity index (χ2v) is 9.90. The topological polar surface area (TPSA) is 108 Å². The molecule has 4 aromatic rings. The maximum Gasteiger partial charge on any atom is 0.245 e. The summed E-state index contributed by atoms with van der Waals surface area (Å²) in [5.41, 5.74) is 10.4. The van der Waals surface area contributed by atoms with Gasteiger partial charge in [0.25, 0.3) is 0 Å². The SMILES string of the molecule is C=CC(=O)N1C[C@@H]2C(C#Cc3c(-c4ccc(Oc5cccc(C)n5)c(OC)c4)c4c(N)ncnc4n3C)[C@@H]2C1. The highest BCUT2D eigenvalue weighted by molar-refractivity contribution is 6.03. The number of hydrogen-bond donors (Lipinski definition) is 1. The van der Waals surface area contributed by atoms with E-state index in [1.165, 1.54) is 12.4 Å². The molecule has 0 radical (unpaired) electrons. The maximum atomic E-state index is 12.0. The number of nitrogens with two attached hydrogens (primary N) is 1. The number of carbonyl (C=O) groups is 1. The van der Waals surface area contributed by atoms with Crippen LogP contribution < -0.4 is 15.2 Å². The third-order valence-electron chi connectivity index (χ3n) is 7.56. The number of amides is 1. The summed E-state index contributed by atoms with van der Waals surface area (Å²) in [6, 6.07) is 11.3. The molecule has 1 aliphatic heterocycles. The number of aryl methyl sites for hydroxylation is 2. The van der Waals surface area contributed by atoms with Gasteiger partial charge in [-0.05, 0) is 54.5 Å². The van der Waals surface area contributed by atoms with Crippen molar-refractivity contribution in [1.82, 2.24) is 24.4 Å². The summed E-state index contributed by atoms with van der Waals surface area (Å²) in [6.45, 7) is 6.96. The van der Waals surface area contributed by atoms with Crippen molar-refractivity contribution in [2.75, 3.05) is 25.9 Å². The molecule has 3 atom stereocenters. The lowest BCUT2D eigenvalue weighted by Gasteiger charge is -2.16. The van der Waals surface area contributed by atoms with Gasteiger partial charge in [0.05, 0.1) is 12.5 Å². The molecule has 1 unspecified atom stereocenters. The van der Waals surface area contributed by atoms with Crippen LogP contribution in [0.15, 0.2) is 55.4 Å². The number of benzene rings is 1. The van der Waals surface area contributed by atoms with E-state index in [0.29, 0.717) is 40.7 Å². The number of hydrogen-bond acceptors (Lipinski definition) is 7. The lowest BCUT2D eigenvalue weighted by atomic mass is 10.0. The standard InChI is InChI=1S/C30H28N6O3/c1-5-26(37)36-14-20-19(21(20)15-36)10-11-22-27(28-29(31)32-16-33-30(28)35(22)3)18-9-12-23(24(13-18)38-4)39-25-8-6-7-17(2)34-25/h5-9,12-13,16,19-21H,1,14-15H2,2-4H3,(H2,31,32,33)/t19?,20-,21+. The lowest BCUT2D eigenvalue weighted by Crippen LogP contribution is -2.29. The first-order valence-electron chi connectivity index (χ1n) is 12.7. The van der Waals surface area contributed by atoms with Gasteiger partial charge < -0.3 is 24.7 Å². The number of pyridine rings is 1. The molecule has 39 heavy (non-hydrogen) atoms. The molecular formula is C30H28N6O3. The van der Waals surface area contributed by atoms with Crippen LogP contribution in [0.5, 0.6) is 17.4 Å². The Labute approximate surface area is 226 Å². The number of rotatable bonds is 5. The van der Waals surface area contributed by atoms with Crippen LogP contribution in [0.25, 0.3) is 22.2 Å². The van der Waals surface area contributed by atoms with E-state index in [1.54, 1.807) is 13.2 Å². The molecule has 9 nitrogen and oxygen atoms in total. The maximum absolute atomic E-state index is 12.0. The van der Waals surface area contributed by atoms with Gasteiger partial charge in [-0.3, -0.25) is 4.79 Å². The van der Waals surface area contributed by atoms with Crippen molar-refractivity contribution in [3.63, 3.8) is 0 Å². The predicted molar refractivity (Wildman–Crippen MR) is 148 cm³/mol. The van der Waals surface area contributed by atoms with Gasteiger partial charge in [-0.2, -0.15) is 0 Å². The highest BCUT2D eigenvalue weighted by Crippen LogP contribution is 2.51. The van der Waals surface area contributed by atoms with Crippen LogP contribution in [0.4, 0.5) is 5.82 Å². The smallest absolute Gasteiger partial charge is 0.245 e. The molecule has 1 saturated carbocycles. The van der Waals surface area contributed by atoms with Crippen LogP contribution >= 0.6 is 0 Å². The molecule has 3 aromatic heterocycles. The first kappa shape index (κ1) is 24.5. The number of likely N-dealkylation sites (tertiary alicyclic amines) is 1. The molecule has 2 N–H and O–H groups in total. The number of ether oxygens (including phenoxy) is 2. The molecule has 1 saturated heterocycles. The Hall–Kier alpha value is -4.84. The fraction of sp³-hybridized carbons (Fsp3) is 0.267. The number of fused-ring (bicyclic) bond motifs is 2. The van der Waals surface area contributed by atoms with Crippen LogP contribution in [0.1, 0.15) is 11.4 Å². The molecule has 6 rings (SSSR count). The van der Waals surface area contributed by atoms with E-state index < -0.39 is 0 Å². The minimum absolute atomic E-state index is 0.0153. The van der Waals surface area contributed by atoms with Gasteiger partial charge in [-0.15, -0.1) is 0 Å². The van der Waals surface area contributed by atoms with E-state index in [9.17, 15) is 4.79 Å². The molecule has 1 aromatic carbocycles. The van der Waals surface area contributed by atoms with Crippen molar-refractivity contribution >= 4 is 22.8 Å². The summed E-state index contributed by atoms with van der Waals surface area (Å²) in [5.74, 6) is 9.89. The number of carbonyl (C=O) groups excluding carboxylic acids is 1. The van der Waals surface area contributed by atoms with Gasteiger partial charge >= 0.3 is 0 Å². The van der Waals surface area contributed by atoms with Gasteiger partial charge in [-0.25, -0.2) is 15.0 Å². The van der Waals surface area contributed by atoms with E-state index in [-0.39, 0.29) is 11.8 Å². The number of nitrogens with zero attached hydrogens (tertiary/aromatic N) is 5. The monoisotopic (exact) mass is 520 g/mol. The Kier molecular flexibility index (Phi) is 5.95. The summed E-state index contributed by atoms with van der Waals surface area (Å²) in [7, 11) is 3.53. The summed E-state index contributed by atoms with van der Waals surface area (Å²) in [4.78, 5) is 27.0. The summed E-state index contributed by atoms with van der Waals surface area (Å²) in [5, 5.41) is 0.735. The zero-order valence-corrected chi connectivity index (χ0v) is 22.0. The van der Waals surface area contributed by atoms with Crippen molar-refractivity contribution < 1.29 is 14.3 Å². The Balaban J connectivity index is 1.38. The average Bonchev–Trinajstić information content (AvgIpc) is 3.25. The second kappa shape index (κ2) is 9.48. The Morgan fingerprint density at radius 1 is 1.18 bits per heavy atom. The zero-order valence-electron chi connectivity index (χ0n) is 22.0. The number of methoxy groups -OCH3 is 1. The highest BCUT2D eigenvalue weighted by atomic mass is 16.5. The normalized spacial score (nSPS) is 19.3. The van der Waals surface area contributed by atoms with Crippen LogP contribution in [-0.4, -0.2) is 50.5 Å². The Bertz CT molecular complexity index is 1690. The van der Waals surface area contributed by atoms with E-state index in [1.807, 2.05) is 53.8 Å². The molecule has 0 bridgehead atoms. The lowest BCUT2D eigenvalue weighted by molar-refractivity contribution is -0.125. The van der Waals surface area contributed by atoms with Gasteiger partial charge in [-0.1, -0.05) is 24.6 Å². The number of nitrogen functional groups attached to an aromatic ring is 1. The highest BCUT2D eigenvalue weighted by Gasteiger charge is 2.55. The fourth-order valence-electron chi connectivity index (χ4n) is 5.50. The van der Waals surface area contributed by atoms with Crippen LogP contribution in [0.3, 0.4) is 0 Å². The van der Waals surface area contributed by atoms with Crippen LogP contribution in [-0.2, 0) is 11.8 Å². The zero-order chi connectivity index (χ0) is 27.3. The summed E-state index contributed by atoms with van der Waals surface area (Å²) >= 11 is 0. The first-order valence-corrected chi connectivity index (χ1v) is 12.7. The van der Waals surface area contributed by atoms with Crippen molar-refractivity contribution in [1.29, 1.82) is 0 Å². The van der Waals surface area contributed by atoms with E-state index in [0.717, 1.165) is 41.0 Å². The largest absolute Gasteiger partial charge is 0.493 e. The van der Waals surface area contributed by atoms with Gasteiger partial charge in [0.1, 0.15) is 23.5 Å². The number of piperidine rings is 1. The molecule has 196 valence electrons. The quantitative estimate of drug-likeness (QED) is 0.313. The third-order valence-corrected chi connectivity index (χ3v) is 7.56. The molecule has 1 aliphatic carbocycles. The van der Waals surface area contributed by atoms with E-state index in [2.05, 4.69) is 33.4 Å². The van der Waals surface area contributed by atoms with E-state index in [4.69, 9.17) is 15.2 Å². The van der Waals surface area contributed by atoms with Crippen molar-refractivity contribution in [3.8, 4) is 40.3 Å². The first-order chi connectivity index (χ1) is 18.9. The van der Waals surface area contributed by atoms with Gasteiger partial charge in [0.15, 0.2) is 11.5 Å². The van der Waals surface area contributed by atoms with Crippen molar-refractivity contribution in [2.24, 2.45) is 24.8 Å². The predicted octanol–water partition coefficient (Wildman–Crippen LogP) is 3.96. The summed E-state index contributed by atoms with van der Waals surface area (Å²) < 4.78 is 13.7. The van der Waals surface area contributed by atoms with E-state index >= 15 is 0 Å². The van der Waals surface area contributed by atoms with Crippen LogP contribution in [0.2, 0.25) is 0 Å². The second-order valence-electron chi connectivity index (χ2n) is 9.90. The molecule has 4 heterocycles. The molecule has 0 spiro atoms. The Morgan fingerprint density at radius 2 is 1.97 bits per heavy atom. The van der Waals surface area contributed by atoms with Gasteiger partial charge in [0, 0.05) is 43.4 Å². The van der Waals surface area contributed by atoms with Crippen molar-refractivity contribution in [3.05, 3.63) is 66.8 Å². The van der Waals surface area contributed by atoms with Crippen molar-refractivity contribution in [2.45, 2.75) is 6.92 Å². The molecule has 1 amide bonds. The number of anilines is 1. The number of aromatic nitrogens is 4. The third kappa shape index (κ3) is 4.24. The molecule has 9 heteroatoms. The fourth-order valence-corrected chi connectivity index (χ4v) is 5.50. The van der Waals surface area contributed by atoms with Gasteiger partial charge in [0.2, 0.25) is 11.8 Å². The molecule has 2 fully saturated rings. The van der Waals surface area contributed by atoms with Crippen LogP contribution in [0, 0.1) is 36.5 Å².